The molecule has 1 heterocycles. The first-order chi connectivity index (χ1) is 9.15. The summed E-state index contributed by atoms with van der Waals surface area (Å²) in [4.78, 5) is 4.39. The van der Waals surface area contributed by atoms with Crippen LogP contribution in [0.2, 0.25) is 0 Å². The maximum absolute atomic E-state index is 11.9. The Balaban J connectivity index is 2.34. The fourth-order valence-electron chi connectivity index (χ4n) is 1.78. The third-order valence-corrected chi connectivity index (χ3v) is 3.01. The van der Waals surface area contributed by atoms with Gasteiger partial charge in [0.05, 0.1) is 0 Å². The molecule has 0 aliphatic rings. The fourth-order valence-corrected chi connectivity index (χ4v) is 1.78. The van der Waals surface area contributed by atoms with E-state index in [1.54, 1.807) is 0 Å². The van der Waals surface area contributed by atoms with E-state index in [9.17, 15) is 8.78 Å². The van der Waals surface area contributed by atoms with Crippen molar-refractivity contribution in [3.05, 3.63) is 29.6 Å². The van der Waals surface area contributed by atoms with Crippen LogP contribution in [-0.4, -0.2) is 37.7 Å². The van der Waals surface area contributed by atoms with Gasteiger partial charge in [0.1, 0.15) is 6.61 Å². The number of likely N-dealkylation sites (N-methyl/N-ethyl adjacent to an activating group) is 1. The van der Waals surface area contributed by atoms with Gasteiger partial charge in [-0.1, -0.05) is 13.0 Å². The standard InChI is InChI=1S/C14H22F2N2O/c1-3-11-4-5-13(18-9-11)8-12(17-2)6-7-19-10-14(15)16/h4-5,9,12,14,17H,3,6-8,10H2,1-2H3. The van der Waals surface area contributed by atoms with Gasteiger partial charge in [0, 0.05) is 31.0 Å². The molecule has 3 nitrogen and oxygen atoms in total. The van der Waals surface area contributed by atoms with Gasteiger partial charge in [0.2, 0.25) is 0 Å². The van der Waals surface area contributed by atoms with Crippen molar-refractivity contribution in [1.82, 2.24) is 10.3 Å². The Morgan fingerprint density at radius 2 is 2.16 bits per heavy atom. The van der Waals surface area contributed by atoms with Crippen molar-refractivity contribution in [3.63, 3.8) is 0 Å². The number of alkyl halides is 2. The van der Waals surface area contributed by atoms with Crippen molar-refractivity contribution in [1.29, 1.82) is 0 Å². The maximum atomic E-state index is 11.9. The van der Waals surface area contributed by atoms with Crippen LogP contribution in [0.3, 0.4) is 0 Å². The quantitative estimate of drug-likeness (QED) is 0.701. The van der Waals surface area contributed by atoms with Crippen LogP contribution in [0.4, 0.5) is 8.78 Å². The third kappa shape index (κ3) is 6.59. The van der Waals surface area contributed by atoms with Crippen molar-refractivity contribution in [2.24, 2.45) is 0 Å². The normalized spacial score (nSPS) is 12.9. The summed E-state index contributed by atoms with van der Waals surface area (Å²) >= 11 is 0. The lowest BCUT2D eigenvalue weighted by atomic mass is 10.1. The molecule has 0 bridgehead atoms. The topological polar surface area (TPSA) is 34.1 Å². The summed E-state index contributed by atoms with van der Waals surface area (Å²) in [6.07, 6.45) is 1.94. The minimum absolute atomic E-state index is 0.192. The van der Waals surface area contributed by atoms with Gasteiger partial charge in [-0.05, 0) is 31.5 Å². The van der Waals surface area contributed by atoms with E-state index in [2.05, 4.69) is 23.3 Å². The van der Waals surface area contributed by atoms with Crippen molar-refractivity contribution >= 4 is 0 Å². The number of hydrogen-bond donors (Lipinski definition) is 1. The molecule has 0 fully saturated rings. The van der Waals surface area contributed by atoms with Gasteiger partial charge >= 0.3 is 0 Å². The molecule has 1 aromatic heterocycles. The Bertz CT molecular complexity index is 344. The predicted octanol–water partition coefficient (Wildman–Crippen LogP) is 2.45. The molecule has 1 rings (SSSR count). The van der Waals surface area contributed by atoms with E-state index in [4.69, 9.17) is 4.74 Å². The molecule has 1 N–H and O–H groups in total. The van der Waals surface area contributed by atoms with E-state index >= 15 is 0 Å². The molecule has 19 heavy (non-hydrogen) atoms. The van der Waals surface area contributed by atoms with Crippen LogP contribution < -0.4 is 5.32 Å². The Morgan fingerprint density at radius 3 is 2.68 bits per heavy atom. The summed E-state index contributed by atoms with van der Waals surface area (Å²) in [5.41, 5.74) is 2.22. The lowest BCUT2D eigenvalue weighted by Crippen LogP contribution is -2.29. The Labute approximate surface area is 113 Å². The molecule has 0 saturated carbocycles. The van der Waals surface area contributed by atoms with Crippen LogP contribution in [0, 0.1) is 0 Å². The highest BCUT2D eigenvalue weighted by atomic mass is 19.3. The van der Waals surface area contributed by atoms with Gasteiger partial charge in [-0.3, -0.25) is 4.98 Å². The van der Waals surface area contributed by atoms with Crippen LogP contribution in [-0.2, 0) is 17.6 Å². The number of nitrogens with zero attached hydrogens (tertiary/aromatic N) is 1. The smallest absolute Gasteiger partial charge is 0.261 e. The van der Waals surface area contributed by atoms with E-state index in [1.807, 2.05) is 19.3 Å². The van der Waals surface area contributed by atoms with Gasteiger partial charge in [-0.25, -0.2) is 8.78 Å². The van der Waals surface area contributed by atoms with Gasteiger partial charge in [0.25, 0.3) is 6.43 Å². The monoisotopic (exact) mass is 272 g/mol. The number of pyridine rings is 1. The first-order valence-corrected chi connectivity index (χ1v) is 6.62. The largest absolute Gasteiger partial charge is 0.375 e. The van der Waals surface area contributed by atoms with Gasteiger partial charge in [0.15, 0.2) is 0 Å². The fraction of sp³-hybridized carbons (Fsp3) is 0.643. The number of nitrogens with one attached hydrogen (secondary N) is 1. The van der Waals surface area contributed by atoms with E-state index in [0.717, 1.165) is 18.5 Å². The molecule has 108 valence electrons. The molecule has 0 aromatic carbocycles. The zero-order chi connectivity index (χ0) is 14.1. The number of aryl methyl sites for hydroxylation is 1. The van der Waals surface area contributed by atoms with Gasteiger partial charge in [-0.2, -0.15) is 0 Å². The number of rotatable bonds is 9. The van der Waals surface area contributed by atoms with Gasteiger partial charge in [-0.15, -0.1) is 0 Å². The lowest BCUT2D eigenvalue weighted by molar-refractivity contribution is 0.0146. The van der Waals surface area contributed by atoms with Crippen LogP contribution >= 0.6 is 0 Å². The van der Waals surface area contributed by atoms with E-state index in [1.165, 1.54) is 5.56 Å². The second-order valence-electron chi connectivity index (χ2n) is 4.46. The molecule has 1 unspecified atom stereocenters. The first kappa shape index (κ1) is 16.0. The molecule has 0 aliphatic carbocycles. The molecule has 1 atom stereocenters. The van der Waals surface area contributed by atoms with Crippen LogP contribution in [0.25, 0.3) is 0 Å². The Hall–Kier alpha value is -1.07. The second-order valence-corrected chi connectivity index (χ2v) is 4.46. The molecule has 0 amide bonds. The minimum atomic E-state index is -2.39. The summed E-state index contributed by atoms with van der Waals surface area (Å²) in [6, 6.07) is 4.28. The molecular weight excluding hydrogens is 250 g/mol. The Kier molecular flexibility index (Phi) is 7.52. The van der Waals surface area contributed by atoms with E-state index in [-0.39, 0.29) is 6.04 Å². The average molecular weight is 272 g/mol. The molecule has 0 radical (unpaired) electrons. The lowest BCUT2D eigenvalue weighted by Gasteiger charge is -2.16. The zero-order valence-corrected chi connectivity index (χ0v) is 11.5. The van der Waals surface area contributed by atoms with Gasteiger partial charge < -0.3 is 10.1 Å². The molecule has 0 saturated heterocycles. The van der Waals surface area contributed by atoms with E-state index in [0.29, 0.717) is 13.0 Å². The highest BCUT2D eigenvalue weighted by molar-refractivity contribution is 5.14. The van der Waals surface area contributed by atoms with Crippen molar-refractivity contribution < 1.29 is 13.5 Å². The summed E-state index contributed by atoms with van der Waals surface area (Å²) < 4.78 is 28.7. The number of aromatic nitrogens is 1. The number of halogens is 2. The summed E-state index contributed by atoms with van der Waals surface area (Å²) in [6.45, 7) is 1.94. The highest BCUT2D eigenvalue weighted by Gasteiger charge is 2.09. The van der Waals surface area contributed by atoms with Crippen LogP contribution in [0.15, 0.2) is 18.3 Å². The maximum Gasteiger partial charge on any atom is 0.261 e. The predicted molar refractivity (Wildman–Crippen MR) is 71.6 cm³/mol. The van der Waals surface area contributed by atoms with Crippen LogP contribution in [0.1, 0.15) is 24.6 Å². The van der Waals surface area contributed by atoms with Crippen LogP contribution in [0.5, 0.6) is 0 Å². The number of hydrogen-bond acceptors (Lipinski definition) is 3. The number of ether oxygens (including phenoxy) is 1. The van der Waals surface area contributed by atoms with E-state index < -0.39 is 13.0 Å². The third-order valence-electron chi connectivity index (χ3n) is 3.01. The zero-order valence-electron chi connectivity index (χ0n) is 11.5. The Morgan fingerprint density at radius 1 is 1.37 bits per heavy atom. The van der Waals surface area contributed by atoms with Crippen molar-refractivity contribution in [3.8, 4) is 0 Å². The second kappa shape index (κ2) is 8.93. The highest BCUT2D eigenvalue weighted by Crippen LogP contribution is 2.06. The average Bonchev–Trinajstić information content (AvgIpc) is 2.42. The SMILES string of the molecule is CCc1ccc(CC(CCOCC(F)F)NC)nc1. The molecule has 0 aliphatic heterocycles. The summed E-state index contributed by atoms with van der Waals surface area (Å²) in [5.74, 6) is 0. The van der Waals surface area contributed by atoms with Crippen molar-refractivity contribution in [2.45, 2.75) is 38.7 Å². The minimum Gasteiger partial charge on any atom is -0.375 e. The molecular formula is C14H22F2N2O. The summed E-state index contributed by atoms with van der Waals surface area (Å²) in [5, 5.41) is 3.16. The molecule has 0 spiro atoms. The van der Waals surface area contributed by atoms with Crippen molar-refractivity contribution in [2.75, 3.05) is 20.3 Å². The first-order valence-electron chi connectivity index (χ1n) is 6.62. The molecule has 1 aromatic rings. The summed E-state index contributed by atoms with van der Waals surface area (Å²) in [7, 11) is 1.86. The molecule has 5 heteroatoms.